The molecule has 7 aromatic carbocycles. The Hall–Kier alpha value is -6.21. The lowest BCUT2D eigenvalue weighted by Gasteiger charge is -2.10. The minimum absolute atomic E-state index is 0.664. The van der Waals surface area contributed by atoms with Crippen molar-refractivity contribution in [1.29, 1.82) is 0 Å². The lowest BCUT2D eigenvalue weighted by Crippen LogP contribution is -2.00. The van der Waals surface area contributed by atoms with Crippen LogP contribution in [0.3, 0.4) is 0 Å². The highest BCUT2D eigenvalue weighted by molar-refractivity contribution is 7.26. The fourth-order valence-electron chi connectivity index (χ4n) is 7.53. The van der Waals surface area contributed by atoms with Crippen LogP contribution < -0.4 is 0 Å². The zero-order chi connectivity index (χ0) is 33.5. The van der Waals surface area contributed by atoms with Crippen LogP contribution in [0.25, 0.3) is 102 Å². The molecule has 0 saturated heterocycles. The Kier molecular flexibility index (Phi) is 6.26. The van der Waals surface area contributed by atoms with Crippen LogP contribution in [-0.2, 0) is 0 Å². The smallest absolute Gasteiger partial charge is 0.164 e. The molecule has 0 aliphatic rings. The number of rotatable bonds is 4. The number of hydrogen-bond donors (Lipinski definition) is 0. The van der Waals surface area contributed by atoms with Gasteiger partial charge in [0.15, 0.2) is 17.5 Å². The number of thiophene rings is 2. The summed E-state index contributed by atoms with van der Waals surface area (Å²) < 4.78 is 7.38. The van der Waals surface area contributed by atoms with E-state index < -0.39 is 0 Å². The van der Waals surface area contributed by atoms with E-state index in [1.165, 1.54) is 67.8 Å². The van der Waals surface area contributed by atoms with Crippen LogP contribution >= 0.6 is 22.7 Å². The van der Waals surface area contributed by atoms with Crippen LogP contribution in [0.5, 0.6) is 0 Å². The molecule has 4 heterocycles. The van der Waals surface area contributed by atoms with Gasteiger partial charge in [-0.1, -0.05) is 115 Å². The van der Waals surface area contributed by atoms with E-state index in [0.717, 1.165) is 16.7 Å². The van der Waals surface area contributed by atoms with Gasteiger partial charge in [0.1, 0.15) is 0 Å². The van der Waals surface area contributed by atoms with Crippen LogP contribution in [0.1, 0.15) is 0 Å². The van der Waals surface area contributed by atoms with Crippen LogP contribution in [0.4, 0.5) is 0 Å². The first-order valence-electron chi connectivity index (χ1n) is 16.9. The Balaban J connectivity index is 1.10. The quantitative estimate of drug-likeness (QED) is 0.185. The van der Waals surface area contributed by atoms with E-state index in [4.69, 9.17) is 15.0 Å². The van der Waals surface area contributed by atoms with Gasteiger partial charge in [-0.2, -0.15) is 0 Å². The van der Waals surface area contributed by atoms with Crippen LogP contribution in [0.2, 0.25) is 0 Å². The minimum Gasteiger partial charge on any atom is -0.309 e. The van der Waals surface area contributed by atoms with Crippen molar-refractivity contribution in [2.45, 2.75) is 0 Å². The van der Waals surface area contributed by atoms with Crippen LogP contribution in [-0.4, -0.2) is 19.5 Å². The molecule has 0 atom stereocenters. The first-order chi connectivity index (χ1) is 25.3. The maximum atomic E-state index is 5.13. The second-order valence-electron chi connectivity index (χ2n) is 12.8. The van der Waals surface area contributed by atoms with E-state index in [1.807, 2.05) is 29.5 Å². The number of aromatic nitrogens is 4. The largest absolute Gasteiger partial charge is 0.309 e. The van der Waals surface area contributed by atoms with Crippen molar-refractivity contribution in [3.8, 4) is 39.9 Å². The van der Waals surface area contributed by atoms with Crippen molar-refractivity contribution >= 4 is 84.8 Å². The van der Waals surface area contributed by atoms with E-state index in [9.17, 15) is 0 Å². The average Bonchev–Trinajstić information content (AvgIpc) is 3.87. The van der Waals surface area contributed by atoms with Gasteiger partial charge in [0, 0.05) is 67.8 Å². The molecule has 0 radical (unpaired) electrons. The molecule has 4 nitrogen and oxygen atoms in total. The molecular formula is C45H26N4S2. The Bertz CT molecular complexity index is 3100. The summed E-state index contributed by atoms with van der Waals surface area (Å²) in [7, 11) is 0. The Labute approximate surface area is 300 Å². The maximum Gasteiger partial charge on any atom is 0.164 e. The summed E-state index contributed by atoms with van der Waals surface area (Å²) in [6, 6.07) is 56.0. The number of hydrogen-bond acceptors (Lipinski definition) is 5. The molecule has 11 rings (SSSR count). The highest BCUT2D eigenvalue weighted by Crippen LogP contribution is 2.42. The van der Waals surface area contributed by atoms with Gasteiger partial charge in [0.25, 0.3) is 0 Å². The van der Waals surface area contributed by atoms with E-state index in [2.05, 4.69) is 144 Å². The van der Waals surface area contributed by atoms with Gasteiger partial charge in [0.2, 0.25) is 0 Å². The van der Waals surface area contributed by atoms with E-state index in [-0.39, 0.29) is 0 Å². The van der Waals surface area contributed by atoms with Crippen molar-refractivity contribution < 1.29 is 0 Å². The van der Waals surface area contributed by atoms with E-state index in [0.29, 0.717) is 17.5 Å². The second-order valence-corrected chi connectivity index (χ2v) is 15.0. The predicted molar refractivity (Wildman–Crippen MR) is 216 cm³/mol. The monoisotopic (exact) mass is 686 g/mol. The van der Waals surface area contributed by atoms with Crippen molar-refractivity contribution in [3.05, 3.63) is 158 Å². The number of fused-ring (bicyclic) bond motifs is 9. The molecule has 0 saturated carbocycles. The first kappa shape index (κ1) is 28.6. The molecule has 11 aromatic rings. The molecule has 0 aliphatic heterocycles. The molecule has 0 unspecified atom stereocenters. The van der Waals surface area contributed by atoms with Crippen molar-refractivity contribution in [2.24, 2.45) is 0 Å². The SMILES string of the molecule is c1ccc(-c2nc(-c3ccc4c(c3)sc3ccccc34)nc(-c3ccc4c(c3)sc3cccc(-n5c6ccccc6c6ccccc65)c34)n2)cc1. The highest BCUT2D eigenvalue weighted by atomic mass is 32.1. The maximum absolute atomic E-state index is 5.13. The topological polar surface area (TPSA) is 43.6 Å². The Morgan fingerprint density at radius 2 is 0.863 bits per heavy atom. The number of nitrogens with zero attached hydrogens (tertiary/aromatic N) is 4. The molecule has 4 aromatic heterocycles. The summed E-state index contributed by atoms with van der Waals surface area (Å²) in [4.78, 5) is 15.2. The molecule has 0 aliphatic carbocycles. The third-order valence-electron chi connectivity index (χ3n) is 9.86. The molecule has 6 heteroatoms. The fraction of sp³-hybridized carbons (Fsp3) is 0. The molecular weight excluding hydrogens is 661 g/mol. The van der Waals surface area contributed by atoms with Gasteiger partial charge >= 0.3 is 0 Å². The van der Waals surface area contributed by atoms with Gasteiger partial charge in [-0.3, -0.25) is 0 Å². The van der Waals surface area contributed by atoms with Gasteiger partial charge in [-0.25, -0.2) is 15.0 Å². The summed E-state index contributed by atoms with van der Waals surface area (Å²) in [5, 5.41) is 7.55. The second kappa shape index (κ2) is 11.2. The summed E-state index contributed by atoms with van der Waals surface area (Å²) in [5.41, 5.74) is 6.52. The predicted octanol–water partition coefficient (Wildman–Crippen LogP) is 12.7. The lowest BCUT2D eigenvalue weighted by atomic mass is 10.1. The number of benzene rings is 7. The lowest BCUT2D eigenvalue weighted by molar-refractivity contribution is 1.08. The van der Waals surface area contributed by atoms with Crippen molar-refractivity contribution in [3.63, 3.8) is 0 Å². The highest BCUT2D eigenvalue weighted by Gasteiger charge is 2.19. The third kappa shape index (κ3) is 4.47. The molecule has 238 valence electrons. The normalized spacial score (nSPS) is 11.9. The molecule has 0 bridgehead atoms. The first-order valence-corrected chi connectivity index (χ1v) is 18.6. The zero-order valence-electron chi connectivity index (χ0n) is 27.1. The molecule has 0 N–H and O–H groups in total. The van der Waals surface area contributed by atoms with Crippen LogP contribution in [0.15, 0.2) is 158 Å². The minimum atomic E-state index is 0.664. The standard InChI is InChI=1S/C45H26N4S2/c1-2-11-27(12-3-1)43-46-44(28-21-23-33-32-15-6-9-19-38(32)50-40(33)25-28)48-45(47-43)29-22-24-34-41(26-29)51-39-20-10-18-37(42(34)39)49-35-16-7-4-13-30(35)31-14-5-8-17-36(31)49/h1-26H. The molecule has 0 fully saturated rings. The third-order valence-corrected chi connectivity index (χ3v) is 12.1. The molecule has 0 spiro atoms. The van der Waals surface area contributed by atoms with E-state index in [1.54, 1.807) is 11.3 Å². The summed E-state index contributed by atoms with van der Waals surface area (Å²) in [6.07, 6.45) is 0. The van der Waals surface area contributed by atoms with Crippen molar-refractivity contribution in [2.75, 3.05) is 0 Å². The zero-order valence-corrected chi connectivity index (χ0v) is 28.7. The Morgan fingerprint density at radius 1 is 0.353 bits per heavy atom. The van der Waals surface area contributed by atoms with Gasteiger partial charge in [-0.15, -0.1) is 22.7 Å². The Morgan fingerprint density at radius 3 is 1.57 bits per heavy atom. The van der Waals surface area contributed by atoms with E-state index >= 15 is 0 Å². The van der Waals surface area contributed by atoms with Gasteiger partial charge in [0.05, 0.1) is 16.7 Å². The van der Waals surface area contributed by atoms with Crippen LogP contribution in [0, 0.1) is 0 Å². The molecule has 0 amide bonds. The fourth-order valence-corrected chi connectivity index (χ4v) is 9.84. The number of para-hydroxylation sites is 2. The summed E-state index contributed by atoms with van der Waals surface area (Å²) in [6.45, 7) is 0. The average molecular weight is 687 g/mol. The van der Waals surface area contributed by atoms with Crippen molar-refractivity contribution in [1.82, 2.24) is 19.5 Å². The summed E-state index contributed by atoms with van der Waals surface area (Å²) in [5.74, 6) is 2.00. The summed E-state index contributed by atoms with van der Waals surface area (Å²) >= 11 is 3.62. The van der Waals surface area contributed by atoms with Gasteiger partial charge < -0.3 is 4.57 Å². The molecule has 51 heavy (non-hydrogen) atoms. The van der Waals surface area contributed by atoms with Gasteiger partial charge in [-0.05, 0) is 42.5 Å².